The summed E-state index contributed by atoms with van der Waals surface area (Å²) in [5.74, 6) is -0.117. The highest BCUT2D eigenvalue weighted by Gasteiger charge is 2.27. The van der Waals surface area contributed by atoms with Crippen LogP contribution in [-0.4, -0.2) is 37.0 Å². The average Bonchev–Trinajstić information content (AvgIpc) is 2.55. The zero-order valence-electron chi connectivity index (χ0n) is 12.3. The van der Waals surface area contributed by atoms with Gasteiger partial charge in [0.2, 0.25) is 5.91 Å². The van der Waals surface area contributed by atoms with Crippen molar-refractivity contribution in [2.24, 2.45) is 11.7 Å². The summed E-state index contributed by atoms with van der Waals surface area (Å²) in [6.07, 6.45) is 1.67. The minimum Gasteiger partial charge on any atom is -0.359 e. The maximum absolute atomic E-state index is 12.2. The quantitative estimate of drug-likeness (QED) is 0.780. The Morgan fingerprint density at radius 2 is 2.05 bits per heavy atom. The Bertz CT molecular complexity index is 501. The molecule has 0 bridgehead atoms. The molecule has 0 aliphatic carbocycles. The van der Waals surface area contributed by atoms with E-state index in [0.717, 1.165) is 24.1 Å². The van der Waals surface area contributed by atoms with Gasteiger partial charge in [0.15, 0.2) is 0 Å². The van der Waals surface area contributed by atoms with Crippen molar-refractivity contribution in [3.05, 3.63) is 29.8 Å². The third kappa shape index (κ3) is 3.95. The molecule has 1 saturated heterocycles. The lowest BCUT2D eigenvalue weighted by molar-refractivity contribution is -0.125. The van der Waals surface area contributed by atoms with Crippen LogP contribution in [0.25, 0.3) is 0 Å². The van der Waals surface area contributed by atoms with E-state index in [1.165, 1.54) is 0 Å². The molecule has 0 spiro atoms. The van der Waals surface area contributed by atoms with Crippen molar-refractivity contribution in [2.45, 2.75) is 19.4 Å². The molecular weight excluding hydrogens is 268 g/mol. The van der Waals surface area contributed by atoms with E-state index < -0.39 is 0 Å². The van der Waals surface area contributed by atoms with Gasteiger partial charge in [-0.2, -0.15) is 0 Å². The second-order valence-electron chi connectivity index (χ2n) is 5.23. The van der Waals surface area contributed by atoms with Gasteiger partial charge in [-0.15, -0.1) is 0 Å². The zero-order chi connectivity index (χ0) is 15.2. The van der Waals surface area contributed by atoms with Crippen LogP contribution >= 0.6 is 0 Å². The lowest BCUT2D eigenvalue weighted by atomic mass is 9.97. The highest BCUT2D eigenvalue weighted by atomic mass is 16.2. The van der Waals surface area contributed by atoms with Crippen LogP contribution < -0.4 is 16.4 Å². The molecule has 2 rings (SSSR count). The molecule has 6 heteroatoms. The summed E-state index contributed by atoms with van der Waals surface area (Å²) in [6, 6.07) is 7.28. The van der Waals surface area contributed by atoms with Crippen LogP contribution in [-0.2, 0) is 11.3 Å². The number of hydrogen-bond donors (Lipinski definition) is 3. The van der Waals surface area contributed by atoms with Gasteiger partial charge in [-0.3, -0.25) is 4.79 Å². The standard InChI is InChI=1S/C15H22N4O2/c1-17-14(20)12-3-2-8-19(10-12)15(21)18-13-6-4-11(9-16)5-7-13/h4-7,12H,2-3,8-10,16H2,1H3,(H,17,20)(H,18,21). The van der Waals surface area contributed by atoms with Crippen molar-refractivity contribution >= 4 is 17.6 Å². The number of hydrogen-bond acceptors (Lipinski definition) is 3. The van der Waals surface area contributed by atoms with Gasteiger partial charge in [0.25, 0.3) is 0 Å². The Balaban J connectivity index is 1.94. The van der Waals surface area contributed by atoms with E-state index in [1.807, 2.05) is 24.3 Å². The molecule has 6 nitrogen and oxygen atoms in total. The number of nitrogens with two attached hydrogens (primary N) is 1. The van der Waals surface area contributed by atoms with Crippen LogP contribution in [0.1, 0.15) is 18.4 Å². The smallest absolute Gasteiger partial charge is 0.321 e. The number of anilines is 1. The van der Waals surface area contributed by atoms with Crippen LogP contribution in [0.2, 0.25) is 0 Å². The Kier molecular flexibility index (Phi) is 5.16. The highest BCUT2D eigenvalue weighted by Crippen LogP contribution is 2.18. The fraction of sp³-hybridized carbons (Fsp3) is 0.467. The Morgan fingerprint density at radius 1 is 1.33 bits per heavy atom. The zero-order valence-corrected chi connectivity index (χ0v) is 12.3. The van der Waals surface area contributed by atoms with E-state index >= 15 is 0 Å². The Morgan fingerprint density at radius 3 is 2.67 bits per heavy atom. The van der Waals surface area contributed by atoms with Crippen LogP contribution in [0.4, 0.5) is 10.5 Å². The Hall–Kier alpha value is -2.08. The molecule has 21 heavy (non-hydrogen) atoms. The van der Waals surface area contributed by atoms with Gasteiger partial charge in [0.05, 0.1) is 5.92 Å². The number of likely N-dealkylation sites (tertiary alicyclic amines) is 1. The molecule has 0 radical (unpaired) electrons. The number of amides is 3. The van der Waals surface area contributed by atoms with E-state index in [0.29, 0.717) is 19.6 Å². The third-order valence-electron chi connectivity index (χ3n) is 3.77. The van der Waals surface area contributed by atoms with Crippen LogP contribution in [0, 0.1) is 5.92 Å². The van der Waals surface area contributed by atoms with Crippen LogP contribution in [0.5, 0.6) is 0 Å². The first-order chi connectivity index (χ1) is 10.1. The van der Waals surface area contributed by atoms with Crippen molar-refractivity contribution in [2.75, 3.05) is 25.5 Å². The molecule has 4 N–H and O–H groups in total. The second kappa shape index (κ2) is 7.08. The summed E-state index contributed by atoms with van der Waals surface area (Å²) in [6.45, 7) is 1.63. The summed E-state index contributed by atoms with van der Waals surface area (Å²) in [7, 11) is 1.63. The lowest BCUT2D eigenvalue weighted by Crippen LogP contribution is -2.46. The molecule has 1 aliphatic heterocycles. The van der Waals surface area contributed by atoms with E-state index in [9.17, 15) is 9.59 Å². The van der Waals surface area contributed by atoms with Crippen molar-refractivity contribution in [1.82, 2.24) is 10.2 Å². The molecule has 1 fully saturated rings. The monoisotopic (exact) mass is 290 g/mol. The van der Waals surface area contributed by atoms with Gasteiger partial charge in [0.1, 0.15) is 0 Å². The first-order valence-corrected chi connectivity index (χ1v) is 7.20. The largest absolute Gasteiger partial charge is 0.359 e. The number of urea groups is 1. The molecule has 1 aromatic carbocycles. The summed E-state index contributed by atoms with van der Waals surface area (Å²) < 4.78 is 0. The molecule has 0 saturated carbocycles. The fourth-order valence-electron chi connectivity index (χ4n) is 2.51. The number of rotatable bonds is 3. The first-order valence-electron chi connectivity index (χ1n) is 7.20. The molecule has 1 heterocycles. The van der Waals surface area contributed by atoms with Crippen LogP contribution in [0.15, 0.2) is 24.3 Å². The normalized spacial score (nSPS) is 18.2. The van der Waals surface area contributed by atoms with Crippen molar-refractivity contribution in [3.63, 3.8) is 0 Å². The highest BCUT2D eigenvalue weighted by molar-refractivity contribution is 5.90. The van der Waals surface area contributed by atoms with Crippen molar-refractivity contribution in [1.29, 1.82) is 0 Å². The predicted molar refractivity (Wildman–Crippen MR) is 81.7 cm³/mol. The molecule has 0 aromatic heterocycles. The number of piperidine rings is 1. The number of nitrogens with zero attached hydrogens (tertiary/aromatic N) is 1. The van der Waals surface area contributed by atoms with Crippen molar-refractivity contribution < 1.29 is 9.59 Å². The molecule has 1 aliphatic rings. The maximum Gasteiger partial charge on any atom is 0.321 e. The minimum atomic E-state index is -0.163. The molecule has 3 amide bonds. The summed E-state index contributed by atoms with van der Waals surface area (Å²) in [5, 5.41) is 5.50. The van der Waals surface area contributed by atoms with E-state index in [4.69, 9.17) is 5.73 Å². The number of nitrogens with one attached hydrogen (secondary N) is 2. The molecule has 1 aromatic rings. The molecular formula is C15H22N4O2. The van der Waals surface area contributed by atoms with Gasteiger partial charge in [-0.1, -0.05) is 12.1 Å². The summed E-state index contributed by atoms with van der Waals surface area (Å²) >= 11 is 0. The van der Waals surface area contributed by atoms with E-state index in [1.54, 1.807) is 11.9 Å². The van der Waals surface area contributed by atoms with Gasteiger partial charge >= 0.3 is 6.03 Å². The third-order valence-corrected chi connectivity index (χ3v) is 3.77. The van der Waals surface area contributed by atoms with Gasteiger partial charge in [0, 0.05) is 32.4 Å². The van der Waals surface area contributed by atoms with Crippen LogP contribution in [0.3, 0.4) is 0 Å². The van der Waals surface area contributed by atoms with Gasteiger partial charge in [-0.05, 0) is 30.5 Å². The summed E-state index contributed by atoms with van der Waals surface area (Å²) in [5.41, 5.74) is 7.30. The number of benzene rings is 1. The lowest BCUT2D eigenvalue weighted by Gasteiger charge is -2.31. The molecule has 1 atom stereocenters. The topological polar surface area (TPSA) is 87.5 Å². The second-order valence-corrected chi connectivity index (χ2v) is 5.23. The van der Waals surface area contributed by atoms with Gasteiger partial charge in [-0.25, -0.2) is 4.79 Å². The molecule has 114 valence electrons. The average molecular weight is 290 g/mol. The predicted octanol–water partition coefficient (Wildman–Crippen LogP) is 1.14. The van der Waals surface area contributed by atoms with Gasteiger partial charge < -0.3 is 21.3 Å². The fourth-order valence-corrected chi connectivity index (χ4v) is 2.51. The van der Waals surface area contributed by atoms with Crippen molar-refractivity contribution in [3.8, 4) is 0 Å². The SMILES string of the molecule is CNC(=O)C1CCCN(C(=O)Nc2ccc(CN)cc2)C1. The number of carbonyl (C=O) groups is 2. The number of carbonyl (C=O) groups excluding carboxylic acids is 2. The maximum atomic E-state index is 12.2. The first kappa shape index (κ1) is 15.3. The summed E-state index contributed by atoms with van der Waals surface area (Å²) in [4.78, 5) is 25.6. The van der Waals surface area contributed by atoms with E-state index in [-0.39, 0.29) is 17.9 Å². The van der Waals surface area contributed by atoms with E-state index in [2.05, 4.69) is 10.6 Å². The molecule has 1 unspecified atom stereocenters. The Labute approximate surface area is 124 Å². The minimum absolute atomic E-state index is 0.000186.